The molecule has 1 aromatic carbocycles. The number of benzene rings is 1. The first-order valence-corrected chi connectivity index (χ1v) is 5.26. The summed E-state index contributed by atoms with van der Waals surface area (Å²) in [5.74, 6) is -0.0904. The second kappa shape index (κ2) is 5.73. The zero-order valence-corrected chi connectivity index (χ0v) is 9.42. The molecule has 1 aromatic rings. The lowest BCUT2D eigenvalue weighted by atomic mass is 10.2. The summed E-state index contributed by atoms with van der Waals surface area (Å²) in [7, 11) is 0. The van der Waals surface area contributed by atoms with Crippen molar-refractivity contribution in [3.63, 3.8) is 0 Å². The van der Waals surface area contributed by atoms with E-state index in [1.54, 1.807) is 24.3 Å². The summed E-state index contributed by atoms with van der Waals surface area (Å²) in [5.41, 5.74) is 6.18. The van der Waals surface area contributed by atoms with Crippen molar-refractivity contribution in [3.8, 4) is 0 Å². The van der Waals surface area contributed by atoms with Crippen LogP contribution in [0.5, 0.6) is 0 Å². The first kappa shape index (κ1) is 12.0. The highest BCUT2D eigenvalue weighted by Crippen LogP contribution is 2.09. The molecule has 0 saturated carbocycles. The van der Waals surface area contributed by atoms with Crippen LogP contribution in [-0.4, -0.2) is 18.5 Å². The topological polar surface area (TPSA) is 55.1 Å². The molecule has 0 aliphatic rings. The van der Waals surface area contributed by atoms with Gasteiger partial charge in [0.15, 0.2) is 0 Å². The van der Waals surface area contributed by atoms with Crippen LogP contribution in [0.1, 0.15) is 23.7 Å². The third-order valence-corrected chi connectivity index (χ3v) is 2.24. The van der Waals surface area contributed by atoms with Gasteiger partial charge in [-0.2, -0.15) is 0 Å². The molecule has 0 saturated heterocycles. The van der Waals surface area contributed by atoms with Gasteiger partial charge in [0.1, 0.15) is 0 Å². The van der Waals surface area contributed by atoms with E-state index in [0.29, 0.717) is 17.1 Å². The fourth-order valence-electron chi connectivity index (χ4n) is 1.12. The molecule has 0 bridgehead atoms. The normalized spacial score (nSPS) is 12.2. The van der Waals surface area contributed by atoms with Crippen LogP contribution in [0.15, 0.2) is 24.3 Å². The average molecular weight is 227 g/mol. The Balaban J connectivity index is 2.43. The minimum atomic E-state index is -0.0904. The summed E-state index contributed by atoms with van der Waals surface area (Å²) < 4.78 is 0. The lowest BCUT2D eigenvalue weighted by Gasteiger charge is -2.07. The lowest BCUT2D eigenvalue weighted by molar-refractivity contribution is 0.0953. The van der Waals surface area contributed by atoms with Crippen molar-refractivity contribution >= 4 is 17.5 Å². The van der Waals surface area contributed by atoms with Gasteiger partial charge in [0.2, 0.25) is 0 Å². The average Bonchev–Trinajstić information content (AvgIpc) is 2.18. The number of hydrogen-bond donors (Lipinski definition) is 2. The van der Waals surface area contributed by atoms with E-state index in [9.17, 15) is 4.79 Å². The van der Waals surface area contributed by atoms with E-state index in [0.717, 1.165) is 6.42 Å². The Morgan fingerprint density at radius 1 is 1.47 bits per heavy atom. The second-order valence-corrected chi connectivity index (χ2v) is 3.97. The Kier molecular flexibility index (Phi) is 4.59. The minimum Gasteiger partial charge on any atom is -0.352 e. The van der Waals surface area contributed by atoms with Crippen LogP contribution >= 0.6 is 11.6 Å². The molecule has 15 heavy (non-hydrogen) atoms. The predicted octanol–water partition coefficient (Wildman–Crippen LogP) is 1.81. The Hall–Kier alpha value is -1.06. The van der Waals surface area contributed by atoms with E-state index in [4.69, 9.17) is 17.3 Å². The van der Waals surface area contributed by atoms with Gasteiger partial charge in [0.25, 0.3) is 5.91 Å². The highest BCUT2D eigenvalue weighted by molar-refractivity contribution is 6.30. The zero-order chi connectivity index (χ0) is 11.3. The van der Waals surface area contributed by atoms with Crippen LogP contribution in [0.25, 0.3) is 0 Å². The minimum absolute atomic E-state index is 0.0904. The van der Waals surface area contributed by atoms with Gasteiger partial charge in [-0.15, -0.1) is 0 Å². The fourth-order valence-corrected chi connectivity index (χ4v) is 1.24. The van der Waals surface area contributed by atoms with Gasteiger partial charge in [-0.3, -0.25) is 4.79 Å². The maximum Gasteiger partial charge on any atom is 0.251 e. The monoisotopic (exact) mass is 226 g/mol. The summed E-state index contributed by atoms with van der Waals surface area (Å²) in [6.07, 6.45) is 0.777. The molecule has 82 valence electrons. The molecule has 0 radical (unpaired) electrons. The lowest BCUT2D eigenvalue weighted by Crippen LogP contribution is -2.28. The molecule has 1 unspecified atom stereocenters. The van der Waals surface area contributed by atoms with E-state index >= 15 is 0 Å². The first-order chi connectivity index (χ1) is 7.09. The van der Waals surface area contributed by atoms with Gasteiger partial charge in [0, 0.05) is 23.2 Å². The molecule has 1 amide bonds. The highest BCUT2D eigenvalue weighted by Gasteiger charge is 2.04. The Labute approximate surface area is 94.6 Å². The number of halogens is 1. The molecule has 0 spiro atoms. The summed E-state index contributed by atoms with van der Waals surface area (Å²) >= 11 is 5.71. The zero-order valence-electron chi connectivity index (χ0n) is 8.66. The number of nitrogens with two attached hydrogens (primary N) is 1. The number of rotatable bonds is 4. The molecule has 1 atom stereocenters. The molecular formula is C11H15ClN2O. The quantitative estimate of drug-likeness (QED) is 0.823. The number of carbonyl (C=O) groups excluding carboxylic acids is 1. The largest absolute Gasteiger partial charge is 0.352 e. The van der Waals surface area contributed by atoms with Crippen molar-refractivity contribution in [1.29, 1.82) is 0 Å². The van der Waals surface area contributed by atoms with Gasteiger partial charge >= 0.3 is 0 Å². The fraction of sp³-hybridized carbons (Fsp3) is 0.364. The Morgan fingerprint density at radius 3 is 2.60 bits per heavy atom. The third-order valence-electron chi connectivity index (χ3n) is 1.99. The molecule has 3 nitrogen and oxygen atoms in total. The van der Waals surface area contributed by atoms with Gasteiger partial charge in [0.05, 0.1) is 0 Å². The number of carbonyl (C=O) groups is 1. The summed E-state index contributed by atoms with van der Waals surface area (Å²) in [6.45, 7) is 2.51. The molecule has 0 heterocycles. The molecule has 4 heteroatoms. The smallest absolute Gasteiger partial charge is 0.251 e. The van der Waals surface area contributed by atoms with Gasteiger partial charge in [-0.25, -0.2) is 0 Å². The number of amides is 1. The molecule has 3 N–H and O–H groups in total. The van der Waals surface area contributed by atoms with E-state index in [2.05, 4.69) is 5.32 Å². The van der Waals surface area contributed by atoms with Crippen molar-refractivity contribution < 1.29 is 4.79 Å². The first-order valence-electron chi connectivity index (χ1n) is 4.89. The molecular weight excluding hydrogens is 212 g/mol. The third kappa shape index (κ3) is 4.32. The summed E-state index contributed by atoms with van der Waals surface area (Å²) in [6, 6.07) is 6.90. The summed E-state index contributed by atoms with van der Waals surface area (Å²) in [4.78, 5) is 11.5. The highest BCUT2D eigenvalue weighted by atomic mass is 35.5. The molecule has 0 fully saturated rings. The Morgan fingerprint density at radius 2 is 2.07 bits per heavy atom. The van der Waals surface area contributed by atoms with E-state index < -0.39 is 0 Å². The van der Waals surface area contributed by atoms with Crippen LogP contribution < -0.4 is 11.1 Å². The maximum absolute atomic E-state index is 11.5. The number of hydrogen-bond acceptors (Lipinski definition) is 2. The Bertz CT molecular complexity index is 322. The summed E-state index contributed by atoms with van der Waals surface area (Å²) in [5, 5.41) is 3.41. The van der Waals surface area contributed by atoms with Crippen molar-refractivity contribution in [2.75, 3.05) is 6.54 Å². The van der Waals surface area contributed by atoms with E-state index in [1.807, 2.05) is 6.92 Å². The molecule has 0 aliphatic heterocycles. The van der Waals surface area contributed by atoms with Crippen molar-refractivity contribution in [2.45, 2.75) is 19.4 Å². The number of nitrogens with one attached hydrogen (secondary N) is 1. The van der Waals surface area contributed by atoms with E-state index in [-0.39, 0.29) is 11.9 Å². The van der Waals surface area contributed by atoms with Crippen LogP contribution in [0.4, 0.5) is 0 Å². The van der Waals surface area contributed by atoms with Crippen molar-refractivity contribution in [1.82, 2.24) is 5.32 Å². The van der Waals surface area contributed by atoms with Crippen molar-refractivity contribution in [3.05, 3.63) is 34.9 Å². The second-order valence-electron chi connectivity index (χ2n) is 3.53. The van der Waals surface area contributed by atoms with Crippen LogP contribution in [0.2, 0.25) is 5.02 Å². The molecule has 0 aliphatic carbocycles. The maximum atomic E-state index is 11.5. The van der Waals surface area contributed by atoms with Crippen LogP contribution in [-0.2, 0) is 0 Å². The predicted molar refractivity (Wildman–Crippen MR) is 62.1 cm³/mol. The standard InChI is InChI=1S/C11H15ClN2O/c1-8(13)6-7-14-11(15)9-2-4-10(12)5-3-9/h2-5,8H,6-7,13H2,1H3,(H,14,15). The van der Waals surface area contributed by atoms with Gasteiger partial charge in [-0.05, 0) is 37.6 Å². The van der Waals surface area contributed by atoms with Gasteiger partial charge in [-0.1, -0.05) is 11.6 Å². The van der Waals surface area contributed by atoms with E-state index in [1.165, 1.54) is 0 Å². The van der Waals surface area contributed by atoms with Crippen LogP contribution in [0, 0.1) is 0 Å². The molecule has 1 rings (SSSR count). The van der Waals surface area contributed by atoms with Gasteiger partial charge < -0.3 is 11.1 Å². The molecule has 0 aromatic heterocycles. The van der Waals surface area contributed by atoms with Crippen molar-refractivity contribution in [2.24, 2.45) is 5.73 Å². The SMILES string of the molecule is CC(N)CCNC(=O)c1ccc(Cl)cc1. The van der Waals surface area contributed by atoms with Crippen LogP contribution in [0.3, 0.4) is 0 Å².